The molecule has 0 aromatic rings. The standard InChI is InChI=1S/C12H18O5/c1-3-5-9-16-10(13)7-8-12(15)17-11(14)6-4-2/h7-8H,3-6,9H2,1-2H3/b8-7+. The summed E-state index contributed by atoms with van der Waals surface area (Å²) < 4.78 is 9.16. The first-order chi connectivity index (χ1) is 8.10. The SMILES string of the molecule is CCCCOC(=O)/C=C/C(=O)OC(=O)CCC. The van der Waals surface area contributed by atoms with Gasteiger partial charge in [0.15, 0.2) is 0 Å². The highest BCUT2D eigenvalue weighted by Gasteiger charge is 2.06. The Labute approximate surface area is 101 Å². The molecule has 0 aliphatic rings. The first-order valence-electron chi connectivity index (χ1n) is 5.69. The molecule has 0 saturated carbocycles. The second kappa shape index (κ2) is 9.57. The highest BCUT2D eigenvalue weighted by Crippen LogP contribution is 1.94. The lowest BCUT2D eigenvalue weighted by molar-refractivity contribution is -0.156. The van der Waals surface area contributed by atoms with Gasteiger partial charge in [-0.3, -0.25) is 4.79 Å². The van der Waals surface area contributed by atoms with Gasteiger partial charge in [-0.25, -0.2) is 9.59 Å². The summed E-state index contributed by atoms with van der Waals surface area (Å²) in [5, 5.41) is 0. The summed E-state index contributed by atoms with van der Waals surface area (Å²) in [6.07, 6.45) is 4.33. The van der Waals surface area contributed by atoms with Crippen LogP contribution in [0.2, 0.25) is 0 Å². The van der Waals surface area contributed by atoms with E-state index >= 15 is 0 Å². The predicted octanol–water partition coefficient (Wildman–Crippen LogP) is 1.76. The molecular formula is C12H18O5. The van der Waals surface area contributed by atoms with E-state index in [4.69, 9.17) is 4.74 Å². The maximum atomic E-state index is 11.0. The Hall–Kier alpha value is -1.65. The van der Waals surface area contributed by atoms with E-state index in [1.807, 2.05) is 6.92 Å². The van der Waals surface area contributed by atoms with Crippen LogP contribution in [0.1, 0.15) is 39.5 Å². The lowest BCUT2D eigenvalue weighted by Gasteiger charge is -1.99. The second-order valence-electron chi connectivity index (χ2n) is 3.40. The Morgan fingerprint density at radius 2 is 1.65 bits per heavy atom. The van der Waals surface area contributed by atoms with Crippen molar-refractivity contribution < 1.29 is 23.9 Å². The summed E-state index contributed by atoms with van der Waals surface area (Å²) in [4.78, 5) is 33.0. The number of ether oxygens (including phenoxy) is 2. The van der Waals surface area contributed by atoms with Crippen molar-refractivity contribution in [2.75, 3.05) is 6.61 Å². The van der Waals surface area contributed by atoms with Crippen LogP contribution in [0.4, 0.5) is 0 Å². The van der Waals surface area contributed by atoms with Gasteiger partial charge in [-0.15, -0.1) is 0 Å². The predicted molar refractivity (Wildman–Crippen MR) is 61.0 cm³/mol. The van der Waals surface area contributed by atoms with Crippen LogP contribution in [0.3, 0.4) is 0 Å². The van der Waals surface area contributed by atoms with Crippen LogP contribution < -0.4 is 0 Å². The largest absolute Gasteiger partial charge is 0.463 e. The third kappa shape index (κ3) is 9.29. The molecule has 0 N–H and O–H groups in total. The summed E-state index contributed by atoms with van der Waals surface area (Å²) in [6.45, 7) is 4.09. The van der Waals surface area contributed by atoms with Crippen LogP contribution in [0.15, 0.2) is 12.2 Å². The average Bonchev–Trinajstić information content (AvgIpc) is 2.27. The molecule has 0 unspecified atom stereocenters. The maximum Gasteiger partial charge on any atom is 0.338 e. The Kier molecular flexibility index (Phi) is 8.64. The topological polar surface area (TPSA) is 69.7 Å². The zero-order chi connectivity index (χ0) is 13.1. The van der Waals surface area contributed by atoms with Crippen LogP contribution in [0.5, 0.6) is 0 Å². The molecule has 0 bridgehead atoms. The summed E-state index contributed by atoms with van der Waals surface area (Å²) in [7, 11) is 0. The highest BCUT2D eigenvalue weighted by atomic mass is 16.6. The van der Waals surface area contributed by atoms with Gasteiger partial charge >= 0.3 is 17.9 Å². The molecule has 0 aliphatic heterocycles. The molecule has 0 amide bonds. The van der Waals surface area contributed by atoms with Gasteiger partial charge in [-0.2, -0.15) is 0 Å². The number of unbranched alkanes of at least 4 members (excludes halogenated alkanes) is 1. The Bertz CT molecular complexity index is 293. The minimum atomic E-state index is -0.851. The lowest BCUT2D eigenvalue weighted by atomic mass is 10.3. The Morgan fingerprint density at radius 1 is 1.00 bits per heavy atom. The molecule has 0 heterocycles. The van der Waals surface area contributed by atoms with Crippen LogP contribution >= 0.6 is 0 Å². The van der Waals surface area contributed by atoms with Gasteiger partial charge < -0.3 is 9.47 Å². The molecule has 0 aliphatic carbocycles. The minimum absolute atomic E-state index is 0.181. The molecule has 17 heavy (non-hydrogen) atoms. The van der Waals surface area contributed by atoms with Gasteiger partial charge in [0, 0.05) is 18.6 Å². The van der Waals surface area contributed by atoms with E-state index in [0.29, 0.717) is 13.0 Å². The monoisotopic (exact) mass is 242 g/mol. The molecule has 0 aromatic carbocycles. The molecule has 5 heteroatoms. The normalized spacial score (nSPS) is 10.2. The molecule has 0 fully saturated rings. The van der Waals surface area contributed by atoms with E-state index < -0.39 is 17.9 Å². The zero-order valence-electron chi connectivity index (χ0n) is 10.2. The fourth-order valence-corrected chi connectivity index (χ4v) is 0.903. The van der Waals surface area contributed by atoms with Crippen molar-refractivity contribution in [1.29, 1.82) is 0 Å². The van der Waals surface area contributed by atoms with Gasteiger partial charge in [0.05, 0.1) is 6.61 Å². The van der Waals surface area contributed by atoms with Gasteiger partial charge in [-0.05, 0) is 12.8 Å². The summed E-state index contributed by atoms with van der Waals surface area (Å²) in [5.41, 5.74) is 0. The van der Waals surface area contributed by atoms with E-state index in [1.165, 1.54) is 0 Å². The molecule has 0 radical (unpaired) electrons. The van der Waals surface area contributed by atoms with E-state index in [9.17, 15) is 14.4 Å². The number of rotatable bonds is 7. The quantitative estimate of drug-likeness (QED) is 0.294. The molecule has 0 aromatic heterocycles. The van der Waals surface area contributed by atoms with Crippen LogP contribution in [0.25, 0.3) is 0 Å². The Morgan fingerprint density at radius 3 is 2.24 bits per heavy atom. The molecule has 0 rings (SSSR count). The second-order valence-corrected chi connectivity index (χ2v) is 3.40. The van der Waals surface area contributed by atoms with Crippen molar-refractivity contribution in [2.45, 2.75) is 39.5 Å². The third-order valence-electron chi connectivity index (χ3n) is 1.77. The van der Waals surface area contributed by atoms with E-state index in [2.05, 4.69) is 4.74 Å². The number of carbonyl (C=O) groups excluding carboxylic acids is 3. The molecule has 0 saturated heterocycles. The van der Waals surface area contributed by atoms with Crippen molar-refractivity contribution in [3.63, 3.8) is 0 Å². The molecule has 5 nitrogen and oxygen atoms in total. The number of carbonyl (C=O) groups is 3. The summed E-state index contributed by atoms with van der Waals surface area (Å²) >= 11 is 0. The van der Waals surface area contributed by atoms with E-state index in [-0.39, 0.29) is 6.42 Å². The van der Waals surface area contributed by atoms with Gasteiger partial charge in [0.1, 0.15) is 0 Å². The first kappa shape index (κ1) is 15.3. The van der Waals surface area contributed by atoms with Gasteiger partial charge in [-0.1, -0.05) is 20.3 Å². The average molecular weight is 242 g/mol. The summed E-state index contributed by atoms with van der Waals surface area (Å²) in [6, 6.07) is 0. The number of hydrogen-bond donors (Lipinski definition) is 0. The van der Waals surface area contributed by atoms with E-state index in [1.54, 1.807) is 6.92 Å². The van der Waals surface area contributed by atoms with Crippen molar-refractivity contribution >= 4 is 17.9 Å². The smallest absolute Gasteiger partial charge is 0.338 e. The van der Waals surface area contributed by atoms with E-state index in [0.717, 1.165) is 25.0 Å². The maximum absolute atomic E-state index is 11.0. The zero-order valence-corrected chi connectivity index (χ0v) is 10.2. The summed E-state index contributed by atoms with van der Waals surface area (Å²) in [5.74, 6) is -2.06. The number of hydrogen-bond acceptors (Lipinski definition) is 5. The Balaban J connectivity index is 3.86. The number of esters is 3. The lowest BCUT2D eigenvalue weighted by Crippen LogP contribution is -2.10. The third-order valence-corrected chi connectivity index (χ3v) is 1.77. The van der Waals surface area contributed by atoms with Gasteiger partial charge in [0.25, 0.3) is 0 Å². The van der Waals surface area contributed by atoms with Gasteiger partial charge in [0.2, 0.25) is 0 Å². The minimum Gasteiger partial charge on any atom is -0.463 e. The first-order valence-corrected chi connectivity index (χ1v) is 5.69. The fraction of sp³-hybridized carbons (Fsp3) is 0.583. The van der Waals surface area contributed by atoms with Crippen LogP contribution in [0, 0.1) is 0 Å². The highest BCUT2D eigenvalue weighted by molar-refractivity contribution is 5.96. The fourth-order valence-electron chi connectivity index (χ4n) is 0.903. The van der Waals surface area contributed by atoms with Crippen molar-refractivity contribution in [3.8, 4) is 0 Å². The van der Waals surface area contributed by atoms with Crippen molar-refractivity contribution in [2.24, 2.45) is 0 Å². The van der Waals surface area contributed by atoms with Crippen molar-refractivity contribution in [3.05, 3.63) is 12.2 Å². The van der Waals surface area contributed by atoms with Crippen LogP contribution in [-0.4, -0.2) is 24.5 Å². The molecule has 0 spiro atoms. The van der Waals surface area contributed by atoms with Crippen LogP contribution in [-0.2, 0) is 23.9 Å². The molecule has 96 valence electrons. The molecular weight excluding hydrogens is 224 g/mol. The van der Waals surface area contributed by atoms with Crippen molar-refractivity contribution in [1.82, 2.24) is 0 Å². The molecule has 0 atom stereocenters.